The summed E-state index contributed by atoms with van der Waals surface area (Å²) in [6.45, 7) is -2.73. The van der Waals surface area contributed by atoms with Crippen LogP contribution in [0, 0.1) is 23.4 Å². The van der Waals surface area contributed by atoms with Crippen molar-refractivity contribution in [2.24, 2.45) is 5.92 Å². The second kappa shape index (κ2) is 13.7. The Balaban J connectivity index is 1.58. The van der Waals surface area contributed by atoms with Gasteiger partial charge in [-0.15, -0.1) is 0 Å². The SMILES string of the molecule is O=C(O)C1CCCN(C(=O)N2CC[C@](c3ccc(C(OCc4c(F)cccc4F)(C(F)(F)F)C(F)(F)F)cc3)(S(=O)(=O)c3ccc(F)cc3)C2)C1. The topological polar surface area (TPSA) is 104 Å². The minimum absolute atomic E-state index is 0.152. The lowest BCUT2D eigenvalue weighted by Crippen LogP contribution is -2.56. The van der Waals surface area contributed by atoms with Gasteiger partial charge in [0, 0.05) is 37.3 Å². The molecule has 0 spiro atoms. The summed E-state index contributed by atoms with van der Waals surface area (Å²) in [5, 5.41) is 9.44. The number of sulfone groups is 1. The molecule has 2 aliphatic heterocycles. The van der Waals surface area contributed by atoms with Gasteiger partial charge >= 0.3 is 24.4 Å². The molecule has 5 rings (SSSR count). The molecule has 51 heavy (non-hydrogen) atoms. The highest BCUT2D eigenvalue weighted by Gasteiger charge is 2.73. The average Bonchev–Trinajstić information content (AvgIpc) is 3.53. The maximum absolute atomic E-state index is 14.5. The van der Waals surface area contributed by atoms with Gasteiger partial charge in [-0.2, -0.15) is 26.3 Å². The highest BCUT2D eigenvalue weighted by molar-refractivity contribution is 7.92. The van der Waals surface area contributed by atoms with E-state index in [-0.39, 0.29) is 25.2 Å². The van der Waals surface area contributed by atoms with E-state index >= 15 is 0 Å². The molecule has 2 atom stereocenters. The lowest BCUT2D eigenvalue weighted by atomic mass is 9.88. The van der Waals surface area contributed by atoms with Crippen molar-refractivity contribution in [3.05, 3.63) is 101 Å². The van der Waals surface area contributed by atoms with E-state index in [9.17, 15) is 62.6 Å². The third-order valence-electron chi connectivity index (χ3n) is 9.29. The Morgan fingerprint density at radius 3 is 1.98 bits per heavy atom. The standard InChI is InChI=1S/C33H29F9N2O6S/c34-23-10-12-24(13-11-23)51(48,49)30(14-16-44(19-30)29(47)43-15-2-3-20(17-43)28(45)46)21-6-8-22(9-7-21)31(32(37,38)39,33(40,41)42)50-18-25-26(35)4-1-5-27(25)36/h1,4-13,20H,2-3,14-19H2,(H,45,46)/t20?,30-/m0/s1. The van der Waals surface area contributed by atoms with Crippen LogP contribution in [0.2, 0.25) is 0 Å². The number of amides is 2. The second-order valence-electron chi connectivity index (χ2n) is 12.3. The number of nitrogens with zero attached hydrogens (tertiary/aromatic N) is 2. The number of rotatable bonds is 8. The first kappa shape index (κ1) is 37.9. The second-order valence-corrected chi connectivity index (χ2v) is 14.5. The molecule has 2 amide bonds. The van der Waals surface area contributed by atoms with Crippen LogP contribution in [0.5, 0.6) is 0 Å². The van der Waals surface area contributed by atoms with Crippen molar-refractivity contribution in [1.29, 1.82) is 0 Å². The Kier molecular flexibility index (Phi) is 10.2. The summed E-state index contributed by atoms with van der Waals surface area (Å²) in [7, 11) is -4.68. The number of likely N-dealkylation sites (tertiary alicyclic amines) is 2. The fraction of sp³-hybridized carbons (Fsp3) is 0.394. The van der Waals surface area contributed by atoms with Crippen molar-refractivity contribution in [1.82, 2.24) is 9.80 Å². The van der Waals surface area contributed by atoms with Gasteiger partial charge in [-0.1, -0.05) is 30.3 Å². The number of carbonyl (C=O) groups excluding carboxylic acids is 1. The van der Waals surface area contributed by atoms with Gasteiger partial charge in [0.2, 0.25) is 0 Å². The number of carboxylic acids is 1. The van der Waals surface area contributed by atoms with Crippen LogP contribution >= 0.6 is 0 Å². The van der Waals surface area contributed by atoms with E-state index in [1.54, 1.807) is 0 Å². The Labute approximate surface area is 285 Å². The molecule has 18 heteroatoms. The van der Waals surface area contributed by atoms with Gasteiger partial charge in [-0.25, -0.2) is 26.4 Å². The molecule has 0 bridgehead atoms. The molecule has 1 unspecified atom stereocenters. The fourth-order valence-electron chi connectivity index (χ4n) is 6.54. The van der Waals surface area contributed by atoms with Crippen LogP contribution in [-0.4, -0.2) is 73.9 Å². The number of ether oxygens (including phenoxy) is 1. The third-order valence-corrected chi connectivity index (χ3v) is 11.8. The van der Waals surface area contributed by atoms with E-state index in [0.717, 1.165) is 35.2 Å². The number of alkyl halides is 6. The van der Waals surface area contributed by atoms with Gasteiger partial charge in [0.25, 0.3) is 5.60 Å². The first-order valence-corrected chi connectivity index (χ1v) is 16.8. The molecule has 2 heterocycles. The molecule has 276 valence electrons. The van der Waals surface area contributed by atoms with Gasteiger partial charge in [0.05, 0.1) is 17.4 Å². The van der Waals surface area contributed by atoms with Crippen molar-refractivity contribution in [2.75, 3.05) is 26.2 Å². The van der Waals surface area contributed by atoms with Crippen LogP contribution in [-0.2, 0) is 36.3 Å². The van der Waals surface area contributed by atoms with Gasteiger partial charge < -0.3 is 19.6 Å². The summed E-state index contributed by atoms with van der Waals surface area (Å²) < 4.78 is 160. The number of halogens is 9. The minimum Gasteiger partial charge on any atom is -0.481 e. The fourth-order valence-corrected chi connectivity index (χ4v) is 8.62. The van der Waals surface area contributed by atoms with Crippen molar-refractivity contribution >= 4 is 21.8 Å². The summed E-state index contributed by atoms with van der Waals surface area (Å²) >= 11 is 0. The van der Waals surface area contributed by atoms with Crippen molar-refractivity contribution in [2.45, 2.75) is 53.5 Å². The number of urea groups is 1. The van der Waals surface area contributed by atoms with Gasteiger partial charge in [0.1, 0.15) is 22.2 Å². The van der Waals surface area contributed by atoms with E-state index in [0.29, 0.717) is 49.2 Å². The van der Waals surface area contributed by atoms with Crippen LogP contribution < -0.4 is 0 Å². The molecule has 2 fully saturated rings. The Hall–Kier alpha value is -4.32. The highest BCUT2D eigenvalue weighted by atomic mass is 32.2. The number of hydrogen-bond donors (Lipinski definition) is 1. The first-order valence-electron chi connectivity index (χ1n) is 15.3. The maximum atomic E-state index is 14.5. The van der Waals surface area contributed by atoms with Gasteiger partial charge in [-0.3, -0.25) is 4.79 Å². The number of carbonyl (C=O) groups is 2. The summed E-state index contributed by atoms with van der Waals surface area (Å²) in [6, 6.07) is 6.92. The van der Waals surface area contributed by atoms with Crippen LogP contribution in [0.4, 0.5) is 44.3 Å². The zero-order valence-corrected chi connectivity index (χ0v) is 27.1. The Morgan fingerprint density at radius 1 is 0.843 bits per heavy atom. The number of benzene rings is 3. The summed E-state index contributed by atoms with van der Waals surface area (Å²) in [5.41, 5.74) is -8.25. The predicted molar refractivity (Wildman–Crippen MR) is 160 cm³/mol. The molecule has 0 saturated carbocycles. The summed E-state index contributed by atoms with van der Waals surface area (Å²) in [4.78, 5) is 27.0. The zero-order chi connectivity index (χ0) is 37.6. The van der Waals surface area contributed by atoms with Crippen LogP contribution in [0.15, 0.2) is 71.6 Å². The lowest BCUT2D eigenvalue weighted by molar-refractivity contribution is -0.392. The lowest BCUT2D eigenvalue weighted by Gasteiger charge is -2.38. The molecule has 3 aromatic rings. The smallest absolute Gasteiger partial charge is 0.430 e. The molecule has 2 saturated heterocycles. The molecular weight excluding hydrogens is 723 g/mol. The van der Waals surface area contributed by atoms with Crippen molar-refractivity contribution < 1.29 is 67.4 Å². The van der Waals surface area contributed by atoms with E-state index in [1.165, 1.54) is 4.90 Å². The van der Waals surface area contributed by atoms with Crippen LogP contribution in [0.25, 0.3) is 0 Å². The molecule has 0 aromatic heterocycles. The Bertz CT molecular complexity index is 1850. The van der Waals surface area contributed by atoms with E-state index < -0.39 is 104 Å². The van der Waals surface area contributed by atoms with Crippen molar-refractivity contribution in [3.63, 3.8) is 0 Å². The molecule has 3 aromatic carbocycles. The van der Waals surface area contributed by atoms with Gasteiger partial charge in [-0.05, 0) is 61.2 Å². The van der Waals surface area contributed by atoms with Crippen LogP contribution in [0.1, 0.15) is 36.0 Å². The number of aliphatic carboxylic acids is 1. The van der Waals surface area contributed by atoms with E-state index in [4.69, 9.17) is 0 Å². The van der Waals surface area contributed by atoms with E-state index in [1.807, 2.05) is 0 Å². The van der Waals surface area contributed by atoms with Crippen LogP contribution in [0.3, 0.4) is 0 Å². The summed E-state index contributed by atoms with van der Waals surface area (Å²) in [5.74, 6) is -5.75. The first-order chi connectivity index (χ1) is 23.7. The largest absolute Gasteiger partial charge is 0.481 e. The molecule has 1 N–H and O–H groups in total. The summed E-state index contributed by atoms with van der Waals surface area (Å²) in [6.07, 6.45) is -12.3. The number of hydrogen-bond acceptors (Lipinski definition) is 5. The monoisotopic (exact) mass is 752 g/mol. The molecule has 2 aliphatic rings. The predicted octanol–water partition coefficient (Wildman–Crippen LogP) is 6.93. The minimum atomic E-state index is -6.26. The Morgan fingerprint density at radius 2 is 1.43 bits per heavy atom. The molecule has 0 aliphatic carbocycles. The third kappa shape index (κ3) is 6.74. The average molecular weight is 753 g/mol. The van der Waals surface area contributed by atoms with E-state index in [2.05, 4.69) is 4.74 Å². The maximum Gasteiger partial charge on any atom is 0.430 e. The zero-order valence-electron chi connectivity index (χ0n) is 26.3. The number of carboxylic acid groups (broad SMARTS) is 1. The number of piperidine rings is 1. The van der Waals surface area contributed by atoms with Crippen molar-refractivity contribution in [3.8, 4) is 0 Å². The van der Waals surface area contributed by atoms with Gasteiger partial charge in [0.15, 0.2) is 9.84 Å². The normalized spacial score (nSPS) is 20.5. The molecule has 0 radical (unpaired) electrons. The highest BCUT2D eigenvalue weighted by Crippen LogP contribution is 2.54. The molecule has 8 nitrogen and oxygen atoms in total. The quantitative estimate of drug-likeness (QED) is 0.198. The molecular formula is C33H29F9N2O6S.